The van der Waals surface area contributed by atoms with Gasteiger partial charge in [-0.2, -0.15) is 0 Å². The summed E-state index contributed by atoms with van der Waals surface area (Å²) in [6.07, 6.45) is 13.2. The van der Waals surface area contributed by atoms with Gasteiger partial charge in [-0.3, -0.25) is 4.98 Å². The number of hydrogen-bond acceptors (Lipinski definition) is 6. The van der Waals surface area contributed by atoms with E-state index >= 15 is 0 Å². The van der Waals surface area contributed by atoms with E-state index in [4.69, 9.17) is 9.47 Å². The number of anilines is 1. The second-order valence-electron chi connectivity index (χ2n) is 9.14. The van der Waals surface area contributed by atoms with Gasteiger partial charge in [-0.25, -0.2) is 9.97 Å². The minimum atomic E-state index is 0.219. The number of fused-ring (bicyclic) bond motifs is 2. The molecular formula is C26H29N5O2. The Hall–Kier alpha value is -3.19. The van der Waals surface area contributed by atoms with E-state index in [-0.39, 0.29) is 6.10 Å². The first-order chi connectivity index (χ1) is 16.3. The molecule has 0 unspecified atom stereocenters. The molecule has 1 N–H and O–H groups in total. The zero-order chi connectivity index (χ0) is 22.0. The van der Waals surface area contributed by atoms with Gasteiger partial charge in [0.15, 0.2) is 0 Å². The maximum Gasteiger partial charge on any atom is 0.149 e. The number of aromatic nitrogens is 4. The van der Waals surface area contributed by atoms with Crippen LogP contribution < -0.4 is 9.64 Å². The smallest absolute Gasteiger partial charge is 0.149 e. The van der Waals surface area contributed by atoms with Crippen LogP contribution in [0.2, 0.25) is 0 Å². The molecule has 33 heavy (non-hydrogen) atoms. The van der Waals surface area contributed by atoms with E-state index < -0.39 is 0 Å². The Balaban J connectivity index is 1.16. The second kappa shape index (κ2) is 8.98. The minimum absolute atomic E-state index is 0.219. The summed E-state index contributed by atoms with van der Waals surface area (Å²) in [5.41, 5.74) is 5.26. The van der Waals surface area contributed by atoms with Crippen molar-refractivity contribution in [1.29, 1.82) is 0 Å². The summed E-state index contributed by atoms with van der Waals surface area (Å²) >= 11 is 0. The Morgan fingerprint density at radius 3 is 2.70 bits per heavy atom. The molecular weight excluding hydrogens is 414 g/mol. The molecule has 3 aromatic heterocycles. The van der Waals surface area contributed by atoms with Crippen molar-refractivity contribution in [2.75, 3.05) is 31.2 Å². The number of ether oxygens (including phenoxy) is 2. The fraction of sp³-hybridized carbons (Fsp3) is 0.423. The molecule has 170 valence electrons. The van der Waals surface area contributed by atoms with Gasteiger partial charge in [0.2, 0.25) is 0 Å². The predicted octanol–water partition coefficient (Wildman–Crippen LogP) is 4.52. The number of morpholine rings is 1. The number of rotatable bonds is 5. The van der Waals surface area contributed by atoms with Crippen LogP contribution in [-0.4, -0.2) is 52.3 Å². The van der Waals surface area contributed by atoms with E-state index in [2.05, 4.69) is 49.1 Å². The second-order valence-corrected chi connectivity index (χ2v) is 9.14. The van der Waals surface area contributed by atoms with Gasteiger partial charge in [0.25, 0.3) is 0 Å². The molecule has 0 atom stereocenters. The maximum atomic E-state index is 6.58. The number of pyridine rings is 1. The summed E-state index contributed by atoms with van der Waals surface area (Å²) in [6, 6.07) is 8.57. The predicted molar refractivity (Wildman–Crippen MR) is 129 cm³/mol. The highest BCUT2D eigenvalue weighted by molar-refractivity contribution is 5.85. The van der Waals surface area contributed by atoms with Crippen LogP contribution in [0.15, 0.2) is 49.1 Å². The Bertz CT molecular complexity index is 1240. The topological polar surface area (TPSA) is 76.2 Å². The van der Waals surface area contributed by atoms with Gasteiger partial charge >= 0.3 is 0 Å². The third kappa shape index (κ3) is 4.25. The average Bonchev–Trinajstić information content (AvgIpc) is 3.36. The molecule has 0 amide bonds. The minimum Gasteiger partial charge on any atom is -0.488 e. The van der Waals surface area contributed by atoms with E-state index in [0.29, 0.717) is 5.92 Å². The van der Waals surface area contributed by atoms with Crippen LogP contribution in [0.25, 0.3) is 22.1 Å². The number of nitrogens with zero attached hydrogens (tertiary/aromatic N) is 4. The highest BCUT2D eigenvalue weighted by Gasteiger charge is 2.25. The van der Waals surface area contributed by atoms with E-state index in [9.17, 15) is 0 Å². The zero-order valence-electron chi connectivity index (χ0n) is 18.7. The first kappa shape index (κ1) is 20.4. The van der Waals surface area contributed by atoms with Crippen molar-refractivity contribution < 1.29 is 9.47 Å². The normalized spacial score (nSPS) is 21.5. The van der Waals surface area contributed by atoms with Crippen LogP contribution in [0, 0.1) is 5.92 Å². The first-order valence-corrected chi connectivity index (χ1v) is 12.0. The Morgan fingerprint density at radius 2 is 1.82 bits per heavy atom. The standard InChI is InChI=1S/C26H29N5O2/c1-3-21(4-2-18(1)15-19-5-7-29-26-22(19)6-8-30-26)33-24-17-20(31-11-13-32-14-12-31)16-23-25(24)28-10-9-27-23/h5-10,16-18,21H,1-4,11-15H2,(H,29,30). The van der Waals surface area contributed by atoms with Crippen LogP contribution in [-0.2, 0) is 11.2 Å². The molecule has 2 fully saturated rings. The van der Waals surface area contributed by atoms with Gasteiger partial charge in [-0.05, 0) is 61.8 Å². The molecule has 4 aromatic rings. The molecule has 1 aromatic carbocycles. The molecule has 1 aliphatic carbocycles. The zero-order valence-corrected chi connectivity index (χ0v) is 18.7. The largest absolute Gasteiger partial charge is 0.488 e. The molecule has 7 nitrogen and oxygen atoms in total. The molecule has 0 spiro atoms. The van der Waals surface area contributed by atoms with Crippen molar-refractivity contribution in [3.8, 4) is 5.75 Å². The van der Waals surface area contributed by atoms with E-state index in [1.807, 2.05) is 12.4 Å². The lowest BCUT2D eigenvalue weighted by Crippen LogP contribution is -2.36. The third-order valence-electron chi connectivity index (χ3n) is 7.05. The molecule has 1 saturated carbocycles. The van der Waals surface area contributed by atoms with Crippen molar-refractivity contribution in [2.45, 2.75) is 38.2 Å². The number of hydrogen-bond donors (Lipinski definition) is 1. The van der Waals surface area contributed by atoms with E-state index in [0.717, 1.165) is 73.7 Å². The van der Waals surface area contributed by atoms with Gasteiger partial charge in [-0.15, -0.1) is 0 Å². The summed E-state index contributed by atoms with van der Waals surface area (Å²) in [7, 11) is 0. The highest BCUT2D eigenvalue weighted by Crippen LogP contribution is 2.35. The summed E-state index contributed by atoms with van der Waals surface area (Å²) in [5.74, 6) is 1.54. The highest BCUT2D eigenvalue weighted by atomic mass is 16.5. The molecule has 1 aliphatic heterocycles. The summed E-state index contributed by atoms with van der Waals surface area (Å²) < 4.78 is 12.1. The van der Waals surface area contributed by atoms with E-state index in [1.165, 1.54) is 23.8 Å². The molecule has 0 bridgehead atoms. The third-order valence-corrected chi connectivity index (χ3v) is 7.05. The quantitative estimate of drug-likeness (QED) is 0.489. The molecule has 2 aliphatic rings. The molecule has 6 rings (SSSR count). The monoisotopic (exact) mass is 443 g/mol. The van der Waals surface area contributed by atoms with Crippen LogP contribution in [0.1, 0.15) is 31.2 Å². The maximum absolute atomic E-state index is 6.58. The Kier molecular flexibility index (Phi) is 5.56. The van der Waals surface area contributed by atoms with Crippen LogP contribution in [0.3, 0.4) is 0 Å². The van der Waals surface area contributed by atoms with Gasteiger partial charge in [0, 0.05) is 55.0 Å². The van der Waals surface area contributed by atoms with Crippen molar-refractivity contribution in [2.24, 2.45) is 5.92 Å². The number of benzene rings is 1. The van der Waals surface area contributed by atoms with Crippen LogP contribution in [0.4, 0.5) is 5.69 Å². The lowest BCUT2D eigenvalue weighted by Gasteiger charge is -2.31. The van der Waals surface area contributed by atoms with Crippen LogP contribution >= 0.6 is 0 Å². The number of aromatic amines is 1. The lowest BCUT2D eigenvalue weighted by atomic mass is 9.83. The molecule has 1 saturated heterocycles. The number of nitrogens with one attached hydrogen (secondary N) is 1. The van der Waals surface area contributed by atoms with Crippen molar-refractivity contribution >= 4 is 27.8 Å². The fourth-order valence-corrected chi connectivity index (χ4v) is 5.26. The summed E-state index contributed by atoms with van der Waals surface area (Å²) in [4.78, 5) is 19.1. The SMILES string of the molecule is c1cnc2c(OC3CCC(Cc4ccnc5[nH]ccc45)CC3)cc(N3CCOCC3)cc2n1. The summed E-state index contributed by atoms with van der Waals surface area (Å²) in [6.45, 7) is 3.29. The van der Waals surface area contributed by atoms with Gasteiger partial charge in [0.1, 0.15) is 16.9 Å². The molecule has 4 heterocycles. The van der Waals surface area contributed by atoms with Gasteiger partial charge < -0.3 is 19.4 Å². The van der Waals surface area contributed by atoms with Crippen molar-refractivity contribution in [3.63, 3.8) is 0 Å². The lowest BCUT2D eigenvalue weighted by molar-refractivity contribution is 0.122. The molecule has 7 heteroatoms. The van der Waals surface area contributed by atoms with E-state index in [1.54, 1.807) is 12.4 Å². The molecule has 0 radical (unpaired) electrons. The van der Waals surface area contributed by atoms with Crippen molar-refractivity contribution in [1.82, 2.24) is 19.9 Å². The first-order valence-electron chi connectivity index (χ1n) is 12.0. The van der Waals surface area contributed by atoms with Crippen molar-refractivity contribution in [3.05, 3.63) is 54.6 Å². The Labute approximate surface area is 193 Å². The summed E-state index contributed by atoms with van der Waals surface area (Å²) in [5, 5.41) is 1.25. The average molecular weight is 444 g/mol. The number of H-pyrrole nitrogens is 1. The Morgan fingerprint density at radius 1 is 0.970 bits per heavy atom. The van der Waals surface area contributed by atoms with Gasteiger partial charge in [-0.1, -0.05) is 0 Å². The van der Waals surface area contributed by atoms with Crippen LogP contribution in [0.5, 0.6) is 5.75 Å². The van der Waals surface area contributed by atoms with Gasteiger partial charge in [0.05, 0.1) is 24.8 Å². The fourth-order valence-electron chi connectivity index (χ4n) is 5.26.